The van der Waals surface area contributed by atoms with Gasteiger partial charge in [-0.05, 0) is 37.6 Å². The first-order valence-electron chi connectivity index (χ1n) is 11.5. The van der Waals surface area contributed by atoms with E-state index in [2.05, 4.69) is 0 Å². The molecule has 0 amide bonds. The van der Waals surface area contributed by atoms with E-state index in [1.807, 2.05) is 6.07 Å². The molecule has 1 saturated heterocycles. The van der Waals surface area contributed by atoms with Gasteiger partial charge in [0.05, 0.1) is 16.7 Å². The highest BCUT2D eigenvalue weighted by Crippen LogP contribution is 2.52. The average Bonchev–Trinajstić information content (AvgIpc) is 2.83. The van der Waals surface area contributed by atoms with Crippen molar-refractivity contribution in [2.45, 2.75) is 51.4 Å². The van der Waals surface area contributed by atoms with Crippen LogP contribution < -0.4 is 0 Å². The number of aromatic hydroxyl groups is 3. The van der Waals surface area contributed by atoms with Crippen molar-refractivity contribution in [1.82, 2.24) is 0 Å². The first-order chi connectivity index (χ1) is 17.2. The summed E-state index contributed by atoms with van der Waals surface area (Å²) >= 11 is 0. The number of rotatable bonds is 3. The molecule has 1 aromatic rings. The van der Waals surface area contributed by atoms with Crippen LogP contribution in [-0.2, 0) is 14.3 Å². The number of hydrogen-bond donors (Lipinski definition) is 6. The minimum absolute atomic E-state index is 0.0737. The van der Waals surface area contributed by atoms with E-state index in [1.54, 1.807) is 20.8 Å². The molecule has 6 N–H and O–H groups in total. The van der Waals surface area contributed by atoms with Crippen molar-refractivity contribution in [3.8, 4) is 23.3 Å². The van der Waals surface area contributed by atoms with E-state index in [-0.39, 0.29) is 24.0 Å². The molecule has 11 heteroatoms. The molecule has 0 spiro atoms. The number of fused-ring (bicyclic) bond motifs is 1. The molecule has 4 rings (SSSR count). The number of aliphatic hydroxyl groups excluding tert-OH is 3. The van der Waals surface area contributed by atoms with E-state index in [0.717, 1.165) is 12.1 Å². The fraction of sp³-hybridized carbons (Fsp3) is 0.423. The lowest BCUT2D eigenvalue weighted by Gasteiger charge is -2.54. The first kappa shape index (κ1) is 25.9. The first-order valence-corrected chi connectivity index (χ1v) is 11.5. The van der Waals surface area contributed by atoms with Gasteiger partial charge in [0, 0.05) is 23.7 Å². The SMILES string of the molecule is CC12C=C(C#N)C(=O)C(C)(C)C1C[C@@H](OC(=O)c1cc(O)c(O)c(O)c1)[C@@H](C1C=C(O)C(O)=C(O)C1)O2. The van der Waals surface area contributed by atoms with E-state index in [4.69, 9.17) is 9.47 Å². The maximum absolute atomic E-state index is 13.0. The summed E-state index contributed by atoms with van der Waals surface area (Å²) in [5, 5.41) is 68.9. The van der Waals surface area contributed by atoms with Gasteiger partial charge in [0.25, 0.3) is 0 Å². The molecule has 1 heterocycles. The molecule has 1 fully saturated rings. The molecule has 196 valence electrons. The minimum Gasteiger partial charge on any atom is -0.508 e. The number of esters is 1. The Hall–Kier alpha value is -4.17. The Kier molecular flexibility index (Phi) is 6.12. The van der Waals surface area contributed by atoms with Crippen LogP contribution in [0.15, 0.2) is 47.1 Å². The zero-order valence-electron chi connectivity index (χ0n) is 20.3. The highest BCUT2D eigenvalue weighted by atomic mass is 16.6. The summed E-state index contributed by atoms with van der Waals surface area (Å²) in [6.45, 7) is 5.03. The van der Waals surface area contributed by atoms with E-state index in [9.17, 15) is 45.5 Å². The normalized spacial score (nSPS) is 31.0. The summed E-state index contributed by atoms with van der Waals surface area (Å²) in [5.74, 6) is -6.76. The number of benzene rings is 1. The molecule has 0 radical (unpaired) electrons. The van der Waals surface area contributed by atoms with E-state index in [1.165, 1.54) is 12.2 Å². The lowest BCUT2D eigenvalue weighted by Crippen LogP contribution is -2.61. The number of carbonyl (C=O) groups excluding carboxylic acids is 2. The number of nitrogens with zero attached hydrogens (tertiary/aromatic N) is 1. The molecule has 2 aliphatic carbocycles. The monoisotopic (exact) mass is 513 g/mol. The molecule has 0 bridgehead atoms. The molecule has 37 heavy (non-hydrogen) atoms. The molecule has 0 aromatic heterocycles. The van der Waals surface area contributed by atoms with Crippen LogP contribution in [0.2, 0.25) is 0 Å². The van der Waals surface area contributed by atoms with E-state index in [0.29, 0.717) is 0 Å². The van der Waals surface area contributed by atoms with Crippen molar-refractivity contribution >= 4 is 11.8 Å². The van der Waals surface area contributed by atoms with Gasteiger partial charge in [0.2, 0.25) is 0 Å². The zero-order chi connectivity index (χ0) is 27.4. The van der Waals surface area contributed by atoms with Crippen LogP contribution in [0.3, 0.4) is 0 Å². The topological polar surface area (TPSA) is 198 Å². The van der Waals surface area contributed by atoms with Gasteiger partial charge >= 0.3 is 5.97 Å². The third kappa shape index (κ3) is 4.23. The number of aliphatic hydroxyl groups is 3. The predicted molar refractivity (Wildman–Crippen MR) is 126 cm³/mol. The van der Waals surface area contributed by atoms with Gasteiger partial charge in [-0.25, -0.2) is 4.79 Å². The maximum Gasteiger partial charge on any atom is 0.338 e. The third-order valence-corrected chi connectivity index (χ3v) is 7.47. The second-order valence-corrected chi connectivity index (χ2v) is 10.3. The second-order valence-electron chi connectivity index (χ2n) is 10.3. The summed E-state index contributed by atoms with van der Waals surface area (Å²) in [7, 11) is 0. The van der Waals surface area contributed by atoms with Crippen molar-refractivity contribution in [3.63, 3.8) is 0 Å². The van der Waals surface area contributed by atoms with Crippen molar-refractivity contribution in [2.24, 2.45) is 17.3 Å². The second kappa shape index (κ2) is 8.74. The summed E-state index contributed by atoms with van der Waals surface area (Å²) in [6.07, 6.45) is 0.547. The van der Waals surface area contributed by atoms with Gasteiger partial charge in [-0.3, -0.25) is 4.79 Å². The molecule has 1 aliphatic heterocycles. The Morgan fingerprint density at radius 3 is 2.30 bits per heavy atom. The predicted octanol–water partition coefficient (Wildman–Crippen LogP) is 3.34. The Bertz CT molecular complexity index is 1290. The van der Waals surface area contributed by atoms with Crippen LogP contribution in [0.4, 0.5) is 0 Å². The number of Topliss-reactive ketones (excluding diaryl/α,β-unsaturated/α-hetero) is 1. The molecule has 11 nitrogen and oxygen atoms in total. The molecule has 5 atom stereocenters. The Morgan fingerprint density at radius 1 is 1.11 bits per heavy atom. The highest BCUT2D eigenvalue weighted by Gasteiger charge is 2.58. The molecule has 1 aromatic carbocycles. The number of ether oxygens (including phenoxy) is 2. The fourth-order valence-corrected chi connectivity index (χ4v) is 5.56. The van der Waals surface area contributed by atoms with Gasteiger partial charge < -0.3 is 40.1 Å². The van der Waals surface area contributed by atoms with Crippen LogP contribution in [0, 0.1) is 28.6 Å². The van der Waals surface area contributed by atoms with Crippen LogP contribution in [0.25, 0.3) is 0 Å². The van der Waals surface area contributed by atoms with Crippen LogP contribution in [-0.4, -0.2) is 60.2 Å². The van der Waals surface area contributed by atoms with Gasteiger partial charge in [0.15, 0.2) is 34.6 Å². The van der Waals surface area contributed by atoms with E-state index >= 15 is 0 Å². The van der Waals surface area contributed by atoms with Crippen molar-refractivity contribution < 1.29 is 49.7 Å². The summed E-state index contributed by atoms with van der Waals surface area (Å²) in [5.41, 5.74) is -2.58. The van der Waals surface area contributed by atoms with Gasteiger partial charge in [0.1, 0.15) is 24.0 Å². The third-order valence-electron chi connectivity index (χ3n) is 7.47. The quantitative estimate of drug-likeness (QED) is 0.256. The number of phenols is 3. The highest BCUT2D eigenvalue weighted by molar-refractivity contribution is 6.04. The average molecular weight is 513 g/mol. The van der Waals surface area contributed by atoms with E-state index < -0.39 is 81.3 Å². The van der Waals surface area contributed by atoms with Gasteiger partial charge in [-0.15, -0.1) is 0 Å². The standard InChI is InChI=1S/C26H27NO10/c1-25(2)19-8-18(36-24(35)12-6-16(30)21(33)17(31)7-12)22(11-4-14(28)20(32)15(29)5-11)37-26(19,3)9-13(10-27)23(25)34/h4,6-7,9,11,18-19,22,28-33H,5,8H2,1-3H3/t11?,18-,19?,22-,26?/m1/s1. The number of carbonyl (C=O) groups is 2. The number of hydrogen-bond acceptors (Lipinski definition) is 11. The van der Waals surface area contributed by atoms with Crippen molar-refractivity contribution in [3.05, 3.63) is 52.7 Å². The summed E-state index contributed by atoms with van der Waals surface area (Å²) in [6, 6.07) is 3.73. The van der Waals surface area contributed by atoms with Crippen molar-refractivity contribution in [2.75, 3.05) is 0 Å². The zero-order valence-corrected chi connectivity index (χ0v) is 20.3. The number of phenolic OH excluding ortho intramolecular Hbond substituents is 3. The van der Waals surface area contributed by atoms with Gasteiger partial charge in [-0.2, -0.15) is 5.26 Å². The number of ketones is 1. The van der Waals surface area contributed by atoms with Crippen molar-refractivity contribution in [1.29, 1.82) is 5.26 Å². The Labute approximate surface area is 211 Å². The Balaban J connectivity index is 1.75. The summed E-state index contributed by atoms with van der Waals surface area (Å²) < 4.78 is 12.1. The molecular weight excluding hydrogens is 486 g/mol. The molecule has 0 saturated carbocycles. The maximum atomic E-state index is 13.0. The van der Waals surface area contributed by atoms with Crippen LogP contribution in [0.5, 0.6) is 17.2 Å². The number of nitriles is 1. The lowest BCUT2D eigenvalue weighted by atomic mass is 9.58. The van der Waals surface area contributed by atoms with Gasteiger partial charge in [-0.1, -0.05) is 13.8 Å². The Morgan fingerprint density at radius 2 is 1.73 bits per heavy atom. The molecule has 3 unspecified atom stereocenters. The summed E-state index contributed by atoms with van der Waals surface area (Å²) in [4.78, 5) is 26.0. The number of allylic oxidation sites excluding steroid dienone is 2. The molecular formula is C26H27NO10. The largest absolute Gasteiger partial charge is 0.508 e. The van der Waals surface area contributed by atoms with Crippen LogP contribution >= 0.6 is 0 Å². The lowest BCUT2D eigenvalue weighted by molar-refractivity contribution is -0.211. The smallest absolute Gasteiger partial charge is 0.338 e. The fourth-order valence-electron chi connectivity index (χ4n) is 5.56. The van der Waals surface area contributed by atoms with Crippen LogP contribution in [0.1, 0.15) is 44.0 Å². The molecule has 3 aliphatic rings. The minimum atomic E-state index is -1.16.